The van der Waals surface area contributed by atoms with E-state index >= 15 is 0 Å². The molecule has 1 aromatic heterocycles. The number of rotatable bonds is 7. The second-order valence-corrected chi connectivity index (χ2v) is 12.8. The number of carbonyl (C=O) groups is 1. The fourth-order valence-corrected chi connectivity index (χ4v) is 7.33. The molecule has 5 aromatic rings. The molecule has 0 aliphatic carbocycles. The molecule has 0 saturated carbocycles. The van der Waals surface area contributed by atoms with Crippen molar-refractivity contribution in [3.05, 3.63) is 142 Å². The van der Waals surface area contributed by atoms with Crippen LogP contribution in [0.2, 0.25) is 5.02 Å². The minimum atomic E-state index is -0.658. The molecule has 2 heterocycles. The molecule has 0 bridgehead atoms. The number of thiazole rings is 1. The van der Waals surface area contributed by atoms with E-state index in [4.69, 9.17) is 21.1 Å². The highest BCUT2D eigenvalue weighted by Crippen LogP contribution is 2.36. The molecular weight excluding hydrogens is 660 g/mol. The molecule has 1 atom stereocenters. The quantitative estimate of drug-likeness (QED) is 0.169. The molecule has 0 fully saturated rings. The Kier molecular flexibility index (Phi) is 8.58. The Morgan fingerprint density at radius 2 is 1.80 bits per heavy atom. The Labute approximate surface area is 271 Å². The summed E-state index contributed by atoms with van der Waals surface area (Å²) >= 11 is 11.6. The van der Waals surface area contributed by atoms with Crippen LogP contribution in [-0.4, -0.2) is 17.1 Å². The normalized spacial score (nSPS) is 14.8. The number of halogens is 2. The fraction of sp³-hybridized carbons (Fsp3) is 0.171. The average Bonchev–Trinajstić information content (AvgIpc) is 3.30. The number of allylic oxidation sites excluding steroid dienone is 1. The maximum absolute atomic E-state index is 13.9. The highest BCUT2D eigenvalue weighted by molar-refractivity contribution is 9.10. The zero-order valence-corrected chi connectivity index (χ0v) is 27.4. The third kappa shape index (κ3) is 5.89. The molecular formula is C35H28BrClN2O4S. The molecule has 1 aliphatic heterocycles. The van der Waals surface area contributed by atoms with E-state index in [1.54, 1.807) is 30.6 Å². The number of aromatic nitrogens is 1. The van der Waals surface area contributed by atoms with Crippen molar-refractivity contribution in [2.75, 3.05) is 6.61 Å². The van der Waals surface area contributed by atoms with Gasteiger partial charge >= 0.3 is 5.97 Å². The summed E-state index contributed by atoms with van der Waals surface area (Å²) in [5, 5.41) is 2.73. The van der Waals surface area contributed by atoms with E-state index < -0.39 is 12.0 Å². The van der Waals surface area contributed by atoms with E-state index in [0.717, 1.165) is 27.6 Å². The minimum absolute atomic E-state index is 0.220. The first kappa shape index (κ1) is 30.1. The van der Waals surface area contributed by atoms with Crippen molar-refractivity contribution in [1.82, 2.24) is 4.57 Å². The molecule has 6 nitrogen and oxygen atoms in total. The summed E-state index contributed by atoms with van der Waals surface area (Å²) in [6.07, 6.45) is 1.78. The van der Waals surface area contributed by atoms with Crippen molar-refractivity contribution >= 4 is 61.7 Å². The number of fused-ring (bicyclic) bond motifs is 2. The van der Waals surface area contributed by atoms with E-state index in [9.17, 15) is 9.59 Å². The van der Waals surface area contributed by atoms with E-state index in [2.05, 4.69) is 45.2 Å². The van der Waals surface area contributed by atoms with Crippen molar-refractivity contribution in [2.45, 2.75) is 33.4 Å². The van der Waals surface area contributed by atoms with Gasteiger partial charge in [0.1, 0.15) is 6.61 Å². The zero-order chi connectivity index (χ0) is 31.0. The SMILES string of the molecule is CCOC(=O)C1=C(C)N=c2s/c(=C/c3cc(Cl)c(OCc4ccc5ccccc5c4)c(Br)c3)c(=O)n2[C@H]1c1ccc(C)cc1. The monoisotopic (exact) mass is 686 g/mol. The molecule has 6 rings (SSSR count). The van der Waals surface area contributed by atoms with Crippen LogP contribution in [0.1, 0.15) is 42.1 Å². The summed E-state index contributed by atoms with van der Waals surface area (Å²) in [4.78, 5) is 32.2. The molecule has 0 amide bonds. The van der Waals surface area contributed by atoms with Gasteiger partial charge in [0.05, 0.1) is 37.9 Å². The van der Waals surface area contributed by atoms with Gasteiger partial charge in [0, 0.05) is 0 Å². The van der Waals surface area contributed by atoms with E-state index in [1.165, 1.54) is 16.7 Å². The third-order valence-corrected chi connectivity index (χ3v) is 9.28. The Bertz CT molecular complexity index is 2110. The van der Waals surface area contributed by atoms with Crippen LogP contribution in [0.3, 0.4) is 0 Å². The number of ether oxygens (including phenoxy) is 2. The predicted octanol–water partition coefficient (Wildman–Crippen LogP) is 7.25. The largest absolute Gasteiger partial charge is 0.486 e. The average molecular weight is 688 g/mol. The lowest BCUT2D eigenvalue weighted by Gasteiger charge is -2.24. The van der Waals surface area contributed by atoms with E-state index in [1.807, 2.05) is 55.5 Å². The van der Waals surface area contributed by atoms with Crippen LogP contribution in [-0.2, 0) is 16.1 Å². The van der Waals surface area contributed by atoms with Gasteiger partial charge in [-0.2, -0.15) is 0 Å². The Balaban J connectivity index is 1.35. The second-order valence-electron chi connectivity index (χ2n) is 10.5. The molecule has 4 aromatic carbocycles. The standard InChI is InChI=1S/C35H28BrClN2O4S/c1-4-42-34(41)30-21(3)38-35-39(31(30)25-12-9-20(2)10-13-25)33(40)29(44-35)18-23-16-27(36)32(28(37)17-23)43-19-22-11-14-24-7-5-6-8-26(24)15-22/h5-18,31H,4,19H2,1-3H3/b29-18+/t31-/m0/s1. The first-order chi connectivity index (χ1) is 21.2. The van der Waals surface area contributed by atoms with Gasteiger partial charge in [-0.15, -0.1) is 0 Å². The summed E-state index contributed by atoms with van der Waals surface area (Å²) in [6, 6.07) is 25.2. The number of aryl methyl sites for hydroxylation is 1. The van der Waals surface area contributed by atoms with Crippen molar-refractivity contribution in [1.29, 1.82) is 0 Å². The highest BCUT2D eigenvalue weighted by Gasteiger charge is 2.33. The van der Waals surface area contributed by atoms with Gasteiger partial charge in [0.15, 0.2) is 10.6 Å². The summed E-state index contributed by atoms with van der Waals surface area (Å²) in [5.74, 6) is 0.0381. The maximum Gasteiger partial charge on any atom is 0.338 e. The lowest BCUT2D eigenvalue weighted by atomic mass is 9.95. The number of benzene rings is 4. The van der Waals surface area contributed by atoms with Crippen molar-refractivity contribution in [3.8, 4) is 5.75 Å². The molecule has 0 unspecified atom stereocenters. The first-order valence-corrected chi connectivity index (χ1v) is 16.1. The van der Waals surface area contributed by atoms with Crippen LogP contribution in [0, 0.1) is 6.92 Å². The van der Waals surface area contributed by atoms with E-state index in [-0.39, 0.29) is 12.2 Å². The Morgan fingerprint density at radius 3 is 2.52 bits per heavy atom. The van der Waals surface area contributed by atoms with Gasteiger partial charge in [-0.3, -0.25) is 9.36 Å². The summed E-state index contributed by atoms with van der Waals surface area (Å²) in [6.45, 7) is 6.09. The van der Waals surface area contributed by atoms with Gasteiger partial charge in [-0.05, 0) is 88.4 Å². The highest BCUT2D eigenvalue weighted by atomic mass is 79.9. The summed E-state index contributed by atoms with van der Waals surface area (Å²) in [7, 11) is 0. The van der Waals surface area contributed by atoms with Crippen molar-refractivity contribution < 1.29 is 14.3 Å². The van der Waals surface area contributed by atoms with Crippen molar-refractivity contribution in [3.63, 3.8) is 0 Å². The number of hydrogen-bond donors (Lipinski definition) is 0. The van der Waals surface area contributed by atoms with Crippen LogP contribution in [0.15, 0.2) is 104 Å². The van der Waals surface area contributed by atoms with Gasteiger partial charge < -0.3 is 9.47 Å². The molecule has 222 valence electrons. The second kappa shape index (κ2) is 12.6. The third-order valence-electron chi connectivity index (χ3n) is 7.43. The first-order valence-electron chi connectivity index (χ1n) is 14.1. The van der Waals surface area contributed by atoms with Crippen LogP contribution < -0.4 is 19.6 Å². The molecule has 1 aliphatic rings. The van der Waals surface area contributed by atoms with Gasteiger partial charge in [-0.25, -0.2) is 9.79 Å². The van der Waals surface area contributed by atoms with Crippen molar-refractivity contribution in [2.24, 2.45) is 4.99 Å². The van der Waals surface area contributed by atoms with Gasteiger partial charge in [0.2, 0.25) is 0 Å². The zero-order valence-electron chi connectivity index (χ0n) is 24.3. The van der Waals surface area contributed by atoms with Crippen LogP contribution >= 0.6 is 38.9 Å². The fourth-order valence-electron chi connectivity index (χ4n) is 5.29. The summed E-state index contributed by atoms with van der Waals surface area (Å²) < 4.78 is 14.2. The smallest absolute Gasteiger partial charge is 0.338 e. The van der Waals surface area contributed by atoms with Crippen LogP contribution in [0.4, 0.5) is 0 Å². The number of carbonyl (C=O) groups excluding carboxylic acids is 1. The Hall–Kier alpha value is -3.98. The number of hydrogen-bond acceptors (Lipinski definition) is 6. The topological polar surface area (TPSA) is 69.9 Å². The molecule has 0 saturated heterocycles. The maximum atomic E-state index is 13.9. The van der Waals surface area contributed by atoms with Gasteiger partial charge in [-0.1, -0.05) is 89.2 Å². The lowest BCUT2D eigenvalue weighted by molar-refractivity contribution is -0.139. The molecule has 9 heteroatoms. The number of nitrogens with zero attached hydrogens (tertiary/aromatic N) is 2. The molecule has 0 N–H and O–H groups in total. The Morgan fingerprint density at radius 1 is 1.05 bits per heavy atom. The minimum Gasteiger partial charge on any atom is -0.486 e. The van der Waals surface area contributed by atoms with Gasteiger partial charge in [0.25, 0.3) is 5.56 Å². The number of esters is 1. The predicted molar refractivity (Wildman–Crippen MR) is 179 cm³/mol. The lowest BCUT2D eigenvalue weighted by Crippen LogP contribution is -2.39. The molecule has 44 heavy (non-hydrogen) atoms. The molecule has 0 radical (unpaired) electrons. The van der Waals surface area contributed by atoms with E-state index in [0.29, 0.717) is 42.5 Å². The molecule has 0 spiro atoms. The van der Waals surface area contributed by atoms with Crippen LogP contribution in [0.5, 0.6) is 5.75 Å². The summed E-state index contributed by atoms with van der Waals surface area (Å²) in [5.41, 5.74) is 4.26. The van der Waals surface area contributed by atoms with Crippen LogP contribution in [0.25, 0.3) is 16.8 Å².